The van der Waals surface area contributed by atoms with Crippen LogP contribution >= 0.6 is 11.3 Å². The Labute approximate surface area is 149 Å². The smallest absolute Gasteiger partial charge is 0.295 e. The van der Waals surface area contributed by atoms with E-state index in [1.165, 1.54) is 0 Å². The van der Waals surface area contributed by atoms with Gasteiger partial charge in [-0.1, -0.05) is 0 Å². The van der Waals surface area contributed by atoms with Gasteiger partial charge in [0.15, 0.2) is 15.7 Å². The fourth-order valence-electron chi connectivity index (χ4n) is 2.38. The molecular weight excluding hydrogens is 394 g/mol. The Balaban J connectivity index is 2.24. The van der Waals surface area contributed by atoms with Gasteiger partial charge in [-0.25, -0.2) is 35.9 Å². The highest BCUT2D eigenvalue weighted by Crippen LogP contribution is 2.35. The number of H-pyrrole nitrogens is 1. The second kappa shape index (κ2) is 6.47. The van der Waals surface area contributed by atoms with Crippen molar-refractivity contribution in [3.8, 4) is 22.0 Å². The number of halogens is 4. The number of aromatic nitrogens is 3. The number of sulfone groups is 1. The lowest BCUT2D eigenvalue weighted by molar-refractivity contribution is 0.141. The van der Waals surface area contributed by atoms with Gasteiger partial charge in [0.1, 0.15) is 27.2 Å². The maximum absolute atomic E-state index is 14.2. The molecule has 0 atom stereocenters. The molecule has 0 aliphatic heterocycles. The zero-order valence-electron chi connectivity index (χ0n) is 13.3. The highest BCUT2D eigenvalue weighted by molar-refractivity contribution is 7.90. The van der Waals surface area contributed by atoms with Crippen molar-refractivity contribution in [3.63, 3.8) is 0 Å². The van der Waals surface area contributed by atoms with Crippen molar-refractivity contribution in [2.75, 3.05) is 6.26 Å². The second-order valence-electron chi connectivity index (χ2n) is 5.48. The molecule has 0 aliphatic rings. The maximum Gasteiger partial charge on any atom is 0.295 e. The molecule has 11 heteroatoms. The first kappa shape index (κ1) is 18.5. The minimum absolute atomic E-state index is 0.0734. The number of benzene rings is 1. The molecule has 0 saturated heterocycles. The van der Waals surface area contributed by atoms with Crippen molar-refractivity contribution >= 4 is 21.2 Å². The average molecular weight is 405 g/mol. The third kappa shape index (κ3) is 3.36. The minimum Gasteiger partial charge on any atom is -0.335 e. The average Bonchev–Trinajstić information content (AvgIpc) is 3.10. The Hall–Kier alpha value is -2.27. The Morgan fingerprint density at radius 2 is 1.77 bits per heavy atom. The molecule has 0 radical (unpaired) electrons. The Bertz CT molecular complexity index is 1070. The predicted octanol–water partition coefficient (Wildman–Crippen LogP) is 4.13. The number of hydrogen-bond acceptors (Lipinski definition) is 5. The molecule has 138 valence electrons. The summed E-state index contributed by atoms with van der Waals surface area (Å²) in [7, 11) is -4.14. The van der Waals surface area contributed by atoms with E-state index >= 15 is 0 Å². The van der Waals surface area contributed by atoms with Gasteiger partial charge in [-0.3, -0.25) is 0 Å². The molecule has 2 aromatic heterocycles. The van der Waals surface area contributed by atoms with Gasteiger partial charge in [-0.15, -0.1) is 11.3 Å². The van der Waals surface area contributed by atoms with Crippen molar-refractivity contribution in [3.05, 3.63) is 40.7 Å². The van der Waals surface area contributed by atoms with E-state index < -0.39 is 38.6 Å². The number of thiazole rings is 1. The molecule has 3 rings (SSSR count). The second-order valence-corrected chi connectivity index (χ2v) is 8.29. The zero-order valence-corrected chi connectivity index (χ0v) is 15.0. The lowest BCUT2D eigenvalue weighted by Crippen LogP contribution is -2.05. The van der Waals surface area contributed by atoms with Crippen LogP contribution in [0.15, 0.2) is 22.4 Å². The van der Waals surface area contributed by atoms with Crippen LogP contribution in [-0.2, 0) is 9.84 Å². The molecule has 1 aromatic carbocycles. The van der Waals surface area contributed by atoms with Crippen LogP contribution in [0.4, 0.5) is 17.6 Å². The quantitative estimate of drug-likeness (QED) is 0.663. The molecule has 5 nitrogen and oxygen atoms in total. The number of nitrogens with one attached hydrogen (secondary N) is 1. The van der Waals surface area contributed by atoms with Gasteiger partial charge >= 0.3 is 0 Å². The van der Waals surface area contributed by atoms with Crippen molar-refractivity contribution in [2.24, 2.45) is 0 Å². The number of aromatic amines is 1. The molecule has 0 unspecified atom stereocenters. The summed E-state index contributed by atoms with van der Waals surface area (Å²) >= 11 is 1.14. The largest absolute Gasteiger partial charge is 0.335 e. The lowest BCUT2D eigenvalue weighted by atomic mass is 10.1. The van der Waals surface area contributed by atoms with E-state index in [4.69, 9.17) is 0 Å². The highest BCUT2D eigenvalue weighted by atomic mass is 32.2. The molecule has 0 aliphatic carbocycles. The standard InChI is InChI=1S/C15H11F4N3O2S2/c1-6-5-25-15(20-6)11-10(21-14(22-11)13(18)19)7-3-8(16)12(9(17)4-7)26(2,23)24/h3-5,13H,1-2H3,(H,21,22). The molecule has 3 aromatic rings. The molecule has 0 saturated carbocycles. The Kier molecular flexibility index (Phi) is 4.61. The summed E-state index contributed by atoms with van der Waals surface area (Å²) in [4.78, 5) is 9.21. The van der Waals surface area contributed by atoms with Crippen molar-refractivity contribution in [1.29, 1.82) is 0 Å². The highest BCUT2D eigenvalue weighted by Gasteiger charge is 2.25. The van der Waals surface area contributed by atoms with Crippen LogP contribution in [0.1, 0.15) is 17.9 Å². The third-order valence-corrected chi connectivity index (χ3v) is 5.51. The number of nitrogens with zero attached hydrogens (tertiary/aromatic N) is 2. The summed E-state index contributed by atoms with van der Waals surface area (Å²) in [6, 6.07) is 1.49. The topological polar surface area (TPSA) is 75.7 Å². The van der Waals surface area contributed by atoms with E-state index in [1.807, 2.05) is 0 Å². The number of hydrogen-bond donors (Lipinski definition) is 1. The summed E-state index contributed by atoms with van der Waals surface area (Å²) in [6.07, 6.45) is -2.27. The molecule has 26 heavy (non-hydrogen) atoms. The van der Waals surface area contributed by atoms with Gasteiger partial charge in [0.05, 0.1) is 5.69 Å². The van der Waals surface area contributed by atoms with Gasteiger partial charge in [0.25, 0.3) is 6.43 Å². The van der Waals surface area contributed by atoms with Gasteiger partial charge in [0.2, 0.25) is 0 Å². The molecule has 0 bridgehead atoms. The summed E-state index contributed by atoms with van der Waals surface area (Å²) in [5, 5.41) is 1.99. The van der Waals surface area contributed by atoms with Crippen LogP contribution in [-0.4, -0.2) is 29.6 Å². The van der Waals surface area contributed by atoms with Crippen LogP contribution in [0, 0.1) is 18.6 Å². The van der Waals surface area contributed by atoms with Crippen LogP contribution in [0.5, 0.6) is 0 Å². The predicted molar refractivity (Wildman–Crippen MR) is 87.9 cm³/mol. The molecule has 0 spiro atoms. The van der Waals surface area contributed by atoms with Gasteiger partial charge in [-0.05, 0) is 19.1 Å². The Morgan fingerprint density at radius 3 is 2.23 bits per heavy atom. The summed E-state index contributed by atoms with van der Waals surface area (Å²) in [5.74, 6) is -3.34. The number of aryl methyl sites for hydroxylation is 1. The third-order valence-electron chi connectivity index (χ3n) is 3.40. The fraction of sp³-hybridized carbons (Fsp3) is 0.200. The van der Waals surface area contributed by atoms with E-state index in [0.717, 1.165) is 23.5 Å². The molecular formula is C15H11F4N3O2S2. The first-order valence-electron chi connectivity index (χ1n) is 7.08. The SMILES string of the molecule is Cc1csc(-c2[nH]c(C(F)F)nc2-c2cc(F)c(S(C)(=O)=O)c(F)c2)n1. The molecule has 1 N–H and O–H groups in total. The normalized spacial score (nSPS) is 12.1. The fourth-order valence-corrected chi connectivity index (χ4v) is 4.00. The van der Waals surface area contributed by atoms with Crippen LogP contribution in [0.3, 0.4) is 0 Å². The van der Waals surface area contributed by atoms with Crippen molar-refractivity contribution in [1.82, 2.24) is 15.0 Å². The van der Waals surface area contributed by atoms with Gasteiger partial charge in [0, 0.05) is 22.9 Å². The maximum atomic E-state index is 14.2. The number of alkyl halides is 2. The summed E-state index contributed by atoms with van der Waals surface area (Å²) in [5.41, 5.74) is 0.379. The van der Waals surface area contributed by atoms with E-state index in [2.05, 4.69) is 15.0 Å². The first-order valence-corrected chi connectivity index (χ1v) is 9.85. The van der Waals surface area contributed by atoms with Gasteiger partial charge in [-0.2, -0.15) is 0 Å². The minimum atomic E-state index is -4.14. The van der Waals surface area contributed by atoms with Crippen LogP contribution in [0.2, 0.25) is 0 Å². The monoisotopic (exact) mass is 405 g/mol. The number of imidazole rings is 1. The van der Waals surface area contributed by atoms with E-state index in [9.17, 15) is 26.0 Å². The van der Waals surface area contributed by atoms with Crippen molar-refractivity contribution in [2.45, 2.75) is 18.2 Å². The molecule has 0 fully saturated rings. The van der Waals surface area contributed by atoms with Gasteiger partial charge < -0.3 is 4.98 Å². The van der Waals surface area contributed by atoms with E-state index in [-0.39, 0.29) is 17.0 Å². The van der Waals surface area contributed by atoms with E-state index in [0.29, 0.717) is 17.0 Å². The summed E-state index contributed by atoms with van der Waals surface area (Å²) in [6.45, 7) is 1.70. The van der Waals surface area contributed by atoms with Crippen LogP contribution in [0.25, 0.3) is 22.0 Å². The molecule has 0 amide bonds. The zero-order chi connectivity index (χ0) is 19.2. The van der Waals surface area contributed by atoms with Crippen LogP contribution < -0.4 is 0 Å². The summed E-state index contributed by atoms with van der Waals surface area (Å²) < 4.78 is 77.4. The molecule has 2 heterocycles. The lowest BCUT2D eigenvalue weighted by Gasteiger charge is -2.06. The Morgan fingerprint density at radius 1 is 1.15 bits per heavy atom. The van der Waals surface area contributed by atoms with E-state index in [1.54, 1.807) is 12.3 Å². The van der Waals surface area contributed by atoms with Crippen molar-refractivity contribution < 1.29 is 26.0 Å². The number of rotatable bonds is 4. The first-order chi connectivity index (χ1) is 12.1.